The van der Waals surface area contributed by atoms with Gasteiger partial charge in [-0.1, -0.05) is 0 Å². The lowest BCUT2D eigenvalue weighted by molar-refractivity contribution is 0.890. The number of aromatic nitrogens is 4. The van der Waals surface area contributed by atoms with Gasteiger partial charge in [-0.25, -0.2) is 4.98 Å². The Balaban J connectivity index is 2.83. The zero-order valence-electron chi connectivity index (χ0n) is 6.49. The van der Waals surface area contributed by atoms with Gasteiger partial charge < -0.3 is 5.73 Å². The molecule has 0 saturated heterocycles. The number of halogens is 1. The van der Waals surface area contributed by atoms with E-state index in [2.05, 4.69) is 15.1 Å². The molecule has 2 aromatic rings. The van der Waals surface area contributed by atoms with Crippen LogP contribution in [0.5, 0.6) is 0 Å². The first kappa shape index (κ1) is 8.06. The first-order valence-electron chi connectivity index (χ1n) is 3.51. The highest BCUT2D eigenvalue weighted by Crippen LogP contribution is 2.00. The summed E-state index contributed by atoms with van der Waals surface area (Å²) in [5, 5.41) is 2.54. The fourth-order valence-corrected chi connectivity index (χ4v) is 1.15. The summed E-state index contributed by atoms with van der Waals surface area (Å²) in [6.45, 7) is 0. The minimum atomic E-state index is -0.273. The molecule has 0 aliphatic rings. The van der Waals surface area contributed by atoms with Crippen LogP contribution in [0.4, 0.5) is 5.95 Å². The minimum Gasteiger partial charge on any atom is -0.368 e. The second-order valence-electron chi connectivity index (χ2n) is 2.46. The summed E-state index contributed by atoms with van der Waals surface area (Å²) in [4.78, 5) is 19.1. The number of rotatable bonds is 1. The molecule has 0 aromatic carbocycles. The number of nitrogens with zero attached hydrogens (tertiary/aromatic N) is 3. The van der Waals surface area contributed by atoms with Crippen molar-refractivity contribution in [2.24, 2.45) is 0 Å². The van der Waals surface area contributed by atoms with E-state index in [-0.39, 0.29) is 23.2 Å². The van der Waals surface area contributed by atoms with Crippen molar-refractivity contribution in [3.63, 3.8) is 0 Å². The van der Waals surface area contributed by atoms with Crippen LogP contribution in [0.1, 0.15) is 5.69 Å². The van der Waals surface area contributed by atoms with Crippen LogP contribution in [-0.4, -0.2) is 19.6 Å². The van der Waals surface area contributed by atoms with Gasteiger partial charge in [-0.3, -0.25) is 9.89 Å². The zero-order chi connectivity index (χ0) is 9.42. The summed E-state index contributed by atoms with van der Waals surface area (Å²) < 4.78 is 1.16. The number of anilines is 1. The fourth-order valence-electron chi connectivity index (χ4n) is 1.01. The van der Waals surface area contributed by atoms with Gasteiger partial charge in [0.15, 0.2) is 0 Å². The minimum absolute atomic E-state index is 0.149. The summed E-state index contributed by atoms with van der Waals surface area (Å²) in [6.07, 6.45) is 0. The molecule has 3 N–H and O–H groups in total. The Labute approximate surface area is 77.3 Å². The molecule has 0 saturated carbocycles. The summed E-state index contributed by atoms with van der Waals surface area (Å²) >= 11 is 5.53. The number of aromatic amines is 1. The molecular weight excluding hydrogens is 194 g/mol. The van der Waals surface area contributed by atoms with Crippen LogP contribution in [0.3, 0.4) is 0 Å². The number of H-pyrrole nitrogens is 1. The van der Waals surface area contributed by atoms with Crippen molar-refractivity contribution in [1.82, 2.24) is 19.6 Å². The third-order valence-electron chi connectivity index (χ3n) is 1.54. The van der Waals surface area contributed by atoms with E-state index in [0.717, 1.165) is 4.52 Å². The van der Waals surface area contributed by atoms with Crippen LogP contribution >= 0.6 is 11.6 Å². The molecule has 0 atom stereocenters. The second-order valence-corrected chi connectivity index (χ2v) is 2.73. The number of nitrogen functional groups attached to an aromatic ring is 1. The van der Waals surface area contributed by atoms with E-state index in [1.54, 1.807) is 0 Å². The standard InChI is InChI=1S/C6H6ClN5O/c7-2-3-1-4(13)12-6(9-3)10-5(8)11-12/h1H,2H2,(H3,8,9,10,11). The average molecular weight is 200 g/mol. The number of fused-ring (bicyclic) bond motifs is 1. The molecule has 2 aromatic heterocycles. The number of alkyl halides is 1. The smallest absolute Gasteiger partial charge is 0.274 e. The molecule has 0 spiro atoms. The van der Waals surface area contributed by atoms with Gasteiger partial charge in [-0.05, 0) is 0 Å². The van der Waals surface area contributed by atoms with E-state index < -0.39 is 0 Å². The number of hydrogen-bond acceptors (Lipinski definition) is 4. The maximum absolute atomic E-state index is 11.3. The van der Waals surface area contributed by atoms with E-state index in [1.807, 2.05) is 0 Å². The van der Waals surface area contributed by atoms with E-state index in [1.165, 1.54) is 6.07 Å². The molecule has 0 aliphatic carbocycles. The van der Waals surface area contributed by atoms with Gasteiger partial charge >= 0.3 is 0 Å². The van der Waals surface area contributed by atoms with E-state index in [4.69, 9.17) is 17.3 Å². The Morgan fingerprint density at radius 3 is 3.08 bits per heavy atom. The molecular formula is C6H6ClN5O. The summed E-state index contributed by atoms with van der Waals surface area (Å²) in [6, 6.07) is 1.33. The zero-order valence-corrected chi connectivity index (χ0v) is 7.25. The molecule has 2 rings (SSSR count). The molecule has 13 heavy (non-hydrogen) atoms. The van der Waals surface area contributed by atoms with E-state index >= 15 is 0 Å². The molecule has 0 amide bonds. The van der Waals surface area contributed by atoms with Gasteiger partial charge in [0.2, 0.25) is 5.95 Å². The molecule has 0 unspecified atom stereocenters. The van der Waals surface area contributed by atoms with Crippen LogP contribution < -0.4 is 11.3 Å². The fraction of sp³-hybridized carbons (Fsp3) is 0.167. The molecule has 0 bridgehead atoms. The lowest BCUT2D eigenvalue weighted by atomic mass is 10.4. The predicted molar refractivity (Wildman–Crippen MR) is 47.6 cm³/mol. The third-order valence-corrected chi connectivity index (χ3v) is 1.81. The highest BCUT2D eigenvalue weighted by Gasteiger charge is 2.04. The van der Waals surface area contributed by atoms with Crippen molar-refractivity contribution in [1.29, 1.82) is 0 Å². The summed E-state index contributed by atoms with van der Waals surface area (Å²) in [7, 11) is 0. The van der Waals surface area contributed by atoms with Gasteiger partial charge in [0.1, 0.15) is 0 Å². The van der Waals surface area contributed by atoms with Crippen LogP contribution in [-0.2, 0) is 5.88 Å². The van der Waals surface area contributed by atoms with Gasteiger partial charge in [0.05, 0.1) is 11.6 Å². The van der Waals surface area contributed by atoms with Crippen molar-refractivity contribution in [3.8, 4) is 0 Å². The molecule has 6 nitrogen and oxygen atoms in total. The maximum Gasteiger partial charge on any atom is 0.274 e. The van der Waals surface area contributed by atoms with Crippen LogP contribution in [0, 0.1) is 0 Å². The maximum atomic E-state index is 11.3. The van der Waals surface area contributed by atoms with Crippen LogP contribution in [0.2, 0.25) is 0 Å². The van der Waals surface area contributed by atoms with Gasteiger partial charge in [0, 0.05) is 6.07 Å². The summed E-state index contributed by atoms with van der Waals surface area (Å²) in [5.41, 5.74) is 5.56. The van der Waals surface area contributed by atoms with Gasteiger partial charge in [-0.2, -0.15) is 9.50 Å². The van der Waals surface area contributed by atoms with Crippen molar-refractivity contribution in [2.75, 3.05) is 5.73 Å². The third kappa shape index (κ3) is 1.25. The quantitative estimate of drug-likeness (QED) is 0.620. The van der Waals surface area contributed by atoms with Gasteiger partial charge in [-0.15, -0.1) is 11.6 Å². The Morgan fingerprint density at radius 2 is 2.38 bits per heavy atom. The number of nitrogens with one attached hydrogen (secondary N) is 1. The SMILES string of the molecule is Nc1nc2nc(CCl)cc(=O)n2[nH]1. The second kappa shape index (κ2) is 2.74. The Hall–Kier alpha value is -1.56. The van der Waals surface area contributed by atoms with E-state index in [0.29, 0.717) is 5.69 Å². The number of nitrogens with two attached hydrogens (primary N) is 1. The molecule has 0 aliphatic heterocycles. The first-order chi connectivity index (χ1) is 6.20. The Kier molecular flexibility index (Phi) is 1.70. The molecule has 0 radical (unpaired) electrons. The van der Waals surface area contributed by atoms with E-state index in [9.17, 15) is 4.79 Å². The lowest BCUT2D eigenvalue weighted by Crippen LogP contribution is -2.15. The molecule has 68 valence electrons. The summed E-state index contributed by atoms with van der Waals surface area (Å²) in [5.74, 6) is 0.565. The topological polar surface area (TPSA) is 89.1 Å². The number of hydrogen-bond donors (Lipinski definition) is 2. The van der Waals surface area contributed by atoms with Crippen LogP contribution in [0.15, 0.2) is 10.9 Å². The van der Waals surface area contributed by atoms with Crippen molar-refractivity contribution >= 4 is 23.3 Å². The van der Waals surface area contributed by atoms with Crippen molar-refractivity contribution in [2.45, 2.75) is 5.88 Å². The molecule has 2 heterocycles. The monoisotopic (exact) mass is 199 g/mol. The first-order valence-corrected chi connectivity index (χ1v) is 4.04. The highest BCUT2D eigenvalue weighted by molar-refractivity contribution is 6.16. The van der Waals surface area contributed by atoms with Crippen molar-refractivity contribution < 1.29 is 0 Å². The molecule has 7 heteroatoms. The highest BCUT2D eigenvalue weighted by atomic mass is 35.5. The lowest BCUT2D eigenvalue weighted by Gasteiger charge is -1.92. The average Bonchev–Trinajstić information content (AvgIpc) is 2.46. The molecule has 0 fully saturated rings. The predicted octanol–water partition coefficient (Wildman–Crippen LogP) is -0.261. The van der Waals surface area contributed by atoms with Crippen LogP contribution in [0.25, 0.3) is 5.78 Å². The van der Waals surface area contributed by atoms with Gasteiger partial charge in [0.25, 0.3) is 11.3 Å². The van der Waals surface area contributed by atoms with Crippen molar-refractivity contribution in [3.05, 3.63) is 22.1 Å². The normalized spacial score (nSPS) is 10.8. The Bertz CT molecular complexity index is 501. The Morgan fingerprint density at radius 1 is 1.62 bits per heavy atom. The largest absolute Gasteiger partial charge is 0.368 e.